The number of anilines is 1. The van der Waals surface area contributed by atoms with Crippen molar-refractivity contribution in [3.63, 3.8) is 0 Å². The van der Waals surface area contributed by atoms with Crippen LogP contribution in [0, 0.1) is 5.92 Å². The summed E-state index contributed by atoms with van der Waals surface area (Å²) >= 11 is 0.804. The van der Waals surface area contributed by atoms with Gasteiger partial charge in [-0.2, -0.15) is 0 Å². The Morgan fingerprint density at radius 1 is 1.39 bits per heavy atom. The number of sulfonamides is 2. The normalized spacial score (nSPS) is 26.5. The fourth-order valence-electron chi connectivity index (χ4n) is 2.72. The van der Waals surface area contributed by atoms with Crippen LogP contribution in [0.15, 0.2) is 34.6 Å². The van der Waals surface area contributed by atoms with Gasteiger partial charge in [-0.25, -0.2) is 22.0 Å². The summed E-state index contributed by atoms with van der Waals surface area (Å²) in [5, 5.41) is 5.13. The highest BCUT2D eigenvalue weighted by atomic mass is 32.3. The number of allylic oxidation sites excluding steroid dienone is 1. The molecule has 1 aromatic carbocycles. The lowest BCUT2D eigenvalue weighted by atomic mass is 10.1. The first kappa shape index (κ1) is 16.6. The minimum absolute atomic E-state index is 0.0661. The molecule has 10 heteroatoms. The molecule has 2 unspecified atom stereocenters. The van der Waals surface area contributed by atoms with E-state index in [9.17, 15) is 16.8 Å². The molecule has 0 amide bonds. The zero-order chi connectivity index (χ0) is 16.8. The predicted octanol–water partition coefficient (Wildman–Crippen LogP) is 1.05. The number of methoxy groups -OCH3 is 1. The number of hydrogen-bond donors (Lipinski definition) is 1. The van der Waals surface area contributed by atoms with Gasteiger partial charge in [0, 0.05) is 18.5 Å². The maximum atomic E-state index is 12.9. The standard InChI is InChI=1S/C13H16N2O5S3/c1-20-11-4-2-3-10(8-11)15-6-5-9-7-12(22(14,16)17)21-13(9)23(15,18)19/h2-4,7-9,13H,5-6H2,1H3,(H2,14,16,17). The van der Waals surface area contributed by atoms with Crippen LogP contribution in [-0.4, -0.2) is 35.1 Å². The van der Waals surface area contributed by atoms with Crippen molar-refractivity contribution in [1.82, 2.24) is 0 Å². The van der Waals surface area contributed by atoms with E-state index in [0.717, 1.165) is 11.8 Å². The van der Waals surface area contributed by atoms with Gasteiger partial charge in [-0.15, -0.1) is 0 Å². The van der Waals surface area contributed by atoms with Crippen LogP contribution in [0.3, 0.4) is 0 Å². The number of rotatable bonds is 3. The Morgan fingerprint density at radius 2 is 2.13 bits per heavy atom. The molecule has 126 valence electrons. The molecular formula is C13H16N2O5S3. The summed E-state index contributed by atoms with van der Waals surface area (Å²) < 4.78 is 54.2. The lowest BCUT2D eigenvalue weighted by Gasteiger charge is -2.35. The van der Waals surface area contributed by atoms with E-state index in [4.69, 9.17) is 9.88 Å². The van der Waals surface area contributed by atoms with Gasteiger partial charge in [0.05, 0.1) is 12.8 Å². The summed E-state index contributed by atoms with van der Waals surface area (Å²) in [5.74, 6) is 0.211. The molecule has 2 N–H and O–H groups in total. The smallest absolute Gasteiger partial charge is 0.248 e. The van der Waals surface area contributed by atoms with Gasteiger partial charge >= 0.3 is 0 Å². The molecule has 0 bridgehead atoms. The van der Waals surface area contributed by atoms with Crippen LogP contribution in [0.5, 0.6) is 5.75 Å². The van der Waals surface area contributed by atoms with Gasteiger partial charge in [0.1, 0.15) is 14.6 Å². The molecule has 2 aliphatic heterocycles. The fourth-order valence-corrected chi connectivity index (χ4v) is 7.77. The van der Waals surface area contributed by atoms with Crippen LogP contribution in [0.2, 0.25) is 0 Å². The maximum absolute atomic E-state index is 12.9. The molecular weight excluding hydrogens is 360 g/mol. The molecule has 1 saturated heterocycles. The summed E-state index contributed by atoms with van der Waals surface area (Å²) in [6.07, 6.45) is 2.00. The molecule has 1 aromatic rings. The Kier molecular flexibility index (Phi) is 4.11. The molecule has 0 aliphatic carbocycles. The van der Waals surface area contributed by atoms with E-state index in [1.807, 2.05) is 0 Å². The van der Waals surface area contributed by atoms with E-state index in [-0.39, 0.29) is 16.7 Å². The van der Waals surface area contributed by atoms with Gasteiger partial charge in [-0.3, -0.25) is 4.31 Å². The second-order valence-corrected chi connectivity index (χ2v) is 10.5. The van der Waals surface area contributed by atoms with E-state index in [1.54, 1.807) is 24.3 Å². The Labute approximate surface area is 139 Å². The highest BCUT2D eigenvalue weighted by molar-refractivity contribution is 8.24. The van der Waals surface area contributed by atoms with Crippen LogP contribution in [-0.2, 0) is 20.0 Å². The summed E-state index contributed by atoms with van der Waals surface area (Å²) in [7, 11) is -6.08. The van der Waals surface area contributed by atoms with E-state index in [0.29, 0.717) is 17.9 Å². The number of nitrogens with zero attached hydrogens (tertiary/aromatic N) is 1. The van der Waals surface area contributed by atoms with Crippen LogP contribution >= 0.6 is 11.8 Å². The Bertz CT molecular complexity index is 863. The fraction of sp³-hybridized carbons (Fsp3) is 0.385. The maximum Gasteiger partial charge on any atom is 0.248 e. The highest BCUT2D eigenvalue weighted by Gasteiger charge is 2.47. The van der Waals surface area contributed by atoms with E-state index < -0.39 is 24.6 Å². The second kappa shape index (κ2) is 5.69. The average molecular weight is 376 g/mol. The zero-order valence-corrected chi connectivity index (χ0v) is 14.7. The first-order chi connectivity index (χ1) is 10.7. The highest BCUT2D eigenvalue weighted by Crippen LogP contribution is 2.47. The third kappa shape index (κ3) is 2.95. The van der Waals surface area contributed by atoms with Crippen molar-refractivity contribution in [3.05, 3.63) is 34.6 Å². The molecule has 1 fully saturated rings. The Balaban J connectivity index is 1.94. The third-order valence-corrected chi connectivity index (χ3v) is 9.42. The number of benzene rings is 1. The van der Waals surface area contributed by atoms with Crippen LogP contribution < -0.4 is 14.2 Å². The van der Waals surface area contributed by atoms with Crippen molar-refractivity contribution in [2.24, 2.45) is 11.1 Å². The molecule has 0 aromatic heterocycles. The zero-order valence-electron chi connectivity index (χ0n) is 12.2. The number of fused-ring (bicyclic) bond motifs is 1. The Morgan fingerprint density at radius 3 is 2.78 bits per heavy atom. The quantitative estimate of drug-likeness (QED) is 0.845. The van der Waals surface area contributed by atoms with Crippen molar-refractivity contribution in [2.45, 2.75) is 11.0 Å². The second-order valence-electron chi connectivity index (χ2n) is 5.29. The van der Waals surface area contributed by atoms with Crippen molar-refractivity contribution >= 4 is 37.5 Å². The van der Waals surface area contributed by atoms with Crippen molar-refractivity contribution < 1.29 is 21.6 Å². The lowest BCUT2D eigenvalue weighted by molar-refractivity contribution is 0.415. The molecule has 2 aliphatic rings. The third-order valence-electron chi connectivity index (χ3n) is 3.82. The summed E-state index contributed by atoms with van der Waals surface area (Å²) in [4.78, 5) is 0. The van der Waals surface area contributed by atoms with Gasteiger partial charge < -0.3 is 4.74 Å². The van der Waals surface area contributed by atoms with Gasteiger partial charge in [0.2, 0.25) is 20.0 Å². The van der Waals surface area contributed by atoms with E-state index in [1.165, 1.54) is 17.5 Å². The van der Waals surface area contributed by atoms with Gasteiger partial charge in [-0.1, -0.05) is 23.9 Å². The molecule has 7 nitrogen and oxygen atoms in total. The van der Waals surface area contributed by atoms with Gasteiger partial charge in [0.15, 0.2) is 0 Å². The monoisotopic (exact) mass is 376 g/mol. The molecule has 0 radical (unpaired) electrons. The Hall–Kier alpha value is -1.23. The minimum Gasteiger partial charge on any atom is -0.497 e. The summed E-state index contributed by atoms with van der Waals surface area (Å²) in [6.45, 7) is 0.283. The molecule has 0 spiro atoms. The van der Waals surface area contributed by atoms with Gasteiger partial charge in [-0.05, 0) is 18.6 Å². The summed E-state index contributed by atoms with van der Waals surface area (Å²) in [5.41, 5.74) is 0.507. The average Bonchev–Trinajstić information content (AvgIpc) is 2.93. The molecule has 23 heavy (non-hydrogen) atoms. The van der Waals surface area contributed by atoms with Crippen molar-refractivity contribution in [1.29, 1.82) is 0 Å². The molecule has 2 heterocycles. The van der Waals surface area contributed by atoms with Crippen LogP contribution in [0.1, 0.15) is 6.42 Å². The SMILES string of the molecule is COc1cccc(N2CCC3C=C(S(N)(=O)=O)SC3S2(=O)=O)c1. The minimum atomic E-state index is -3.88. The van der Waals surface area contributed by atoms with Crippen LogP contribution in [0.4, 0.5) is 5.69 Å². The van der Waals surface area contributed by atoms with Crippen molar-refractivity contribution in [2.75, 3.05) is 18.0 Å². The number of primary sulfonamides is 1. The lowest BCUT2D eigenvalue weighted by Crippen LogP contribution is -2.45. The molecule has 3 rings (SSSR count). The number of ether oxygens (including phenoxy) is 1. The number of hydrogen-bond acceptors (Lipinski definition) is 6. The van der Waals surface area contributed by atoms with E-state index >= 15 is 0 Å². The predicted molar refractivity (Wildman–Crippen MR) is 89.9 cm³/mol. The van der Waals surface area contributed by atoms with E-state index in [2.05, 4.69) is 0 Å². The largest absolute Gasteiger partial charge is 0.497 e. The van der Waals surface area contributed by atoms with Crippen molar-refractivity contribution in [3.8, 4) is 5.75 Å². The topological polar surface area (TPSA) is 107 Å². The first-order valence-corrected chi connectivity index (χ1v) is 10.7. The molecule has 0 saturated carbocycles. The molecule has 2 atom stereocenters. The summed E-state index contributed by atoms with van der Waals surface area (Å²) in [6, 6.07) is 6.78. The van der Waals surface area contributed by atoms with Gasteiger partial charge in [0.25, 0.3) is 0 Å². The number of thioether (sulfide) groups is 1. The number of nitrogens with two attached hydrogens (primary N) is 1. The van der Waals surface area contributed by atoms with Crippen LogP contribution in [0.25, 0.3) is 0 Å². The first-order valence-electron chi connectivity index (χ1n) is 6.80.